The van der Waals surface area contributed by atoms with Gasteiger partial charge in [-0.2, -0.15) is 0 Å². The van der Waals surface area contributed by atoms with E-state index in [0.29, 0.717) is 12.6 Å². The molecular weight excluding hydrogens is 276 g/mol. The first-order chi connectivity index (χ1) is 10.5. The zero-order chi connectivity index (χ0) is 16.1. The number of hydrogen-bond donors (Lipinski definition) is 3. The summed E-state index contributed by atoms with van der Waals surface area (Å²) in [5.74, 6) is 0. The minimum Gasteiger partial charge on any atom is -0.334 e. The Morgan fingerprint density at radius 3 is 2.91 bits per heavy atom. The summed E-state index contributed by atoms with van der Waals surface area (Å²) in [6.45, 7) is 8.94. The van der Waals surface area contributed by atoms with E-state index in [2.05, 4.69) is 29.4 Å². The van der Waals surface area contributed by atoms with Crippen LogP contribution in [0.1, 0.15) is 37.8 Å². The van der Waals surface area contributed by atoms with E-state index >= 15 is 0 Å². The zero-order valence-electron chi connectivity index (χ0n) is 13.9. The molecule has 0 spiro atoms. The highest BCUT2D eigenvalue weighted by molar-refractivity contribution is 5.89. The van der Waals surface area contributed by atoms with Gasteiger partial charge in [0.1, 0.15) is 0 Å². The molecule has 1 heterocycles. The van der Waals surface area contributed by atoms with Crippen LogP contribution in [-0.4, -0.2) is 36.1 Å². The van der Waals surface area contributed by atoms with E-state index < -0.39 is 0 Å². The molecule has 1 aromatic rings. The maximum atomic E-state index is 12.2. The van der Waals surface area contributed by atoms with Crippen LogP contribution in [0.4, 0.5) is 10.5 Å². The lowest BCUT2D eigenvalue weighted by atomic mass is 10.0. The molecular formula is C17H28N4O. The number of carbonyl (C=O) groups excluding carboxylic acids is 1. The Kier molecular flexibility index (Phi) is 5.80. The molecule has 1 saturated heterocycles. The van der Waals surface area contributed by atoms with Crippen molar-refractivity contribution in [1.82, 2.24) is 10.2 Å². The zero-order valence-corrected chi connectivity index (χ0v) is 13.9. The van der Waals surface area contributed by atoms with Gasteiger partial charge in [-0.3, -0.25) is 4.90 Å². The molecule has 22 heavy (non-hydrogen) atoms. The molecule has 5 nitrogen and oxygen atoms in total. The van der Waals surface area contributed by atoms with Gasteiger partial charge in [-0.05, 0) is 63.4 Å². The average Bonchev–Trinajstić information content (AvgIpc) is 2.49. The van der Waals surface area contributed by atoms with Crippen molar-refractivity contribution in [2.24, 2.45) is 5.73 Å². The molecule has 0 aromatic heterocycles. The standard InChI is InChI=1S/C17H28N4O/c1-12(2)21-8-4-5-16(11-21)20-17(22)19-15-7-6-13(3)14(9-15)10-18/h6-7,9,12,16H,4-5,8,10-11,18H2,1-3H3,(H2,19,20,22)/t16-/m1/s1. The summed E-state index contributed by atoms with van der Waals surface area (Å²) >= 11 is 0. The third-order valence-corrected chi connectivity index (χ3v) is 4.35. The monoisotopic (exact) mass is 304 g/mol. The highest BCUT2D eigenvalue weighted by Gasteiger charge is 2.22. The molecule has 5 heteroatoms. The smallest absolute Gasteiger partial charge is 0.319 e. The number of aryl methyl sites for hydroxylation is 1. The second-order valence-electron chi connectivity index (χ2n) is 6.37. The minimum absolute atomic E-state index is 0.137. The predicted octanol–water partition coefficient (Wildman–Crippen LogP) is 2.45. The van der Waals surface area contributed by atoms with Crippen LogP contribution in [0.5, 0.6) is 0 Å². The van der Waals surface area contributed by atoms with E-state index in [0.717, 1.165) is 42.7 Å². The summed E-state index contributed by atoms with van der Waals surface area (Å²) in [7, 11) is 0. The molecule has 4 N–H and O–H groups in total. The van der Waals surface area contributed by atoms with E-state index in [-0.39, 0.29) is 12.1 Å². The van der Waals surface area contributed by atoms with E-state index in [9.17, 15) is 4.79 Å². The molecule has 0 bridgehead atoms. The molecule has 1 fully saturated rings. The van der Waals surface area contributed by atoms with Crippen LogP contribution in [0.15, 0.2) is 18.2 Å². The summed E-state index contributed by atoms with van der Waals surface area (Å²) in [6, 6.07) is 6.44. The molecule has 0 aliphatic carbocycles. The fourth-order valence-electron chi connectivity index (χ4n) is 2.91. The van der Waals surface area contributed by atoms with Gasteiger partial charge in [0.25, 0.3) is 0 Å². The third-order valence-electron chi connectivity index (χ3n) is 4.35. The number of nitrogens with one attached hydrogen (secondary N) is 2. The Balaban J connectivity index is 1.90. The van der Waals surface area contributed by atoms with Crippen molar-refractivity contribution < 1.29 is 4.79 Å². The van der Waals surface area contributed by atoms with Gasteiger partial charge >= 0.3 is 6.03 Å². The van der Waals surface area contributed by atoms with Crippen LogP contribution in [0.3, 0.4) is 0 Å². The van der Waals surface area contributed by atoms with Crippen LogP contribution in [0.2, 0.25) is 0 Å². The average molecular weight is 304 g/mol. The molecule has 1 aromatic carbocycles. The largest absolute Gasteiger partial charge is 0.334 e. The van der Waals surface area contributed by atoms with Crippen LogP contribution in [0.25, 0.3) is 0 Å². The molecule has 1 aliphatic rings. The summed E-state index contributed by atoms with van der Waals surface area (Å²) in [4.78, 5) is 14.6. The number of nitrogens with two attached hydrogens (primary N) is 1. The number of nitrogens with zero attached hydrogens (tertiary/aromatic N) is 1. The van der Waals surface area contributed by atoms with Crippen LogP contribution in [-0.2, 0) is 6.54 Å². The Bertz CT molecular complexity index is 515. The van der Waals surface area contributed by atoms with Crippen molar-refractivity contribution in [3.63, 3.8) is 0 Å². The third kappa shape index (κ3) is 4.45. The van der Waals surface area contributed by atoms with Crippen molar-refractivity contribution in [2.45, 2.75) is 52.2 Å². The lowest BCUT2D eigenvalue weighted by Crippen LogP contribution is -2.50. The Labute approximate surface area is 133 Å². The molecule has 0 radical (unpaired) electrons. The van der Waals surface area contributed by atoms with E-state index in [1.54, 1.807) is 0 Å². The van der Waals surface area contributed by atoms with Crippen molar-refractivity contribution in [1.29, 1.82) is 0 Å². The molecule has 1 atom stereocenters. The Morgan fingerprint density at radius 2 is 2.23 bits per heavy atom. The molecule has 2 amide bonds. The number of anilines is 1. The van der Waals surface area contributed by atoms with Gasteiger partial charge in [0.2, 0.25) is 0 Å². The van der Waals surface area contributed by atoms with E-state index in [1.165, 1.54) is 0 Å². The summed E-state index contributed by atoms with van der Waals surface area (Å²) < 4.78 is 0. The second kappa shape index (κ2) is 7.61. The Hall–Kier alpha value is -1.59. The lowest BCUT2D eigenvalue weighted by molar-refractivity contribution is 0.156. The van der Waals surface area contributed by atoms with Crippen molar-refractivity contribution in [2.75, 3.05) is 18.4 Å². The number of carbonyl (C=O) groups is 1. The number of benzene rings is 1. The molecule has 122 valence electrons. The van der Waals surface area contributed by atoms with Crippen molar-refractivity contribution in [3.8, 4) is 0 Å². The van der Waals surface area contributed by atoms with Crippen molar-refractivity contribution in [3.05, 3.63) is 29.3 Å². The van der Waals surface area contributed by atoms with Gasteiger partial charge in [-0.15, -0.1) is 0 Å². The number of likely N-dealkylation sites (tertiary alicyclic amines) is 1. The maximum absolute atomic E-state index is 12.2. The summed E-state index contributed by atoms with van der Waals surface area (Å²) in [5.41, 5.74) is 8.70. The second-order valence-corrected chi connectivity index (χ2v) is 6.37. The lowest BCUT2D eigenvalue weighted by Gasteiger charge is -2.35. The normalized spacial score (nSPS) is 19.2. The number of rotatable bonds is 4. The maximum Gasteiger partial charge on any atom is 0.319 e. The topological polar surface area (TPSA) is 70.4 Å². The van der Waals surface area contributed by atoms with Crippen LogP contribution in [0, 0.1) is 6.92 Å². The number of hydrogen-bond acceptors (Lipinski definition) is 3. The van der Waals surface area contributed by atoms with Crippen molar-refractivity contribution >= 4 is 11.7 Å². The highest BCUT2D eigenvalue weighted by atomic mass is 16.2. The number of piperidine rings is 1. The number of amides is 2. The first-order valence-electron chi connectivity index (χ1n) is 8.10. The summed E-state index contributed by atoms with van der Waals surface area (Å²) in [6.07, 6.45) is 2.17. The highest BCUT2D eigenvalue weighted by Crippen LogP contribution is 2.16. The van der Waals surface area contributed by atoms with E-state index in [4.69, 9.17) is 5.73 Å². The summed E-state index contributed by atoms with van der Waals surface area (Å²) in [5, 5.41) is 5.99. The van der Waals surface area contributed by atoms with Gasteiger partial charge in [0.15, 0.2) is 0 Å². The van der Waals surface area contributed by atoms with Gasteiger partial charge in [0, 0.05) is 30.9 Å². The molecule has 0 saturated carbocycles. The molecule has 0 unspecified atom stereocenters. The first kappa shape index (κ1) is 16.8. The fraction of sp³-hybridized carbons (Fsp3) is 0.588. The molecule has 1 aliphatic heterocycles. The van der Waals surface area contributed by atoms with Gasteiger partial charge in [0.05, 0.1) is 0 Å². The molecule has 2 rings (SSSR count). The minimum atomic E-state index is -0.137. The quantitative estimate of drug-likeness (QED) is 0.800. The van der Waals surface area contributed by atoms with Gasteiger partial charge in [-0.25, -0.2) is 4.79 Å². The van der Waals surface area contributed by atoms with Gasteiger partial charge in [-0.1, -0.05) is 6.07 Å². The Morgan fingerprint density at radius 1 is 1.45 bits per heavy atom. The fourth-order valence-corrected chi connectivity index (χ4v) is 2.91. The van der Waals surface area contributed by atoms with Crippen LogP contribution < -0.4 is 16.4 Å². The predicted molar refractivity (Wildman–Crippen MR) is 91.0 cm³/mol. The SMILES string of the molecule is Cc1ccc(NC(=O)N[C@@H]2CCCN(C(C)C)C2)cc1CN. The van der Waals surface area contributed by atoms with Crippen LogP contribution >= 0.6 is 0 Å². The van der Waals surface area contributed by atoms with Gasteiger partial charge < -0.3 is 16.4 Å². The van der Waals surface area contributed by atoms with E-state index in [1.807, 2.05) is 25.1 Å². The first-order valence-corrected chi connectivity index (χ1v) is 8.10. The number of urea groups is 1.